The maximum absolute atomic E-state index is 6.07. The molecule has 0 spiro atoms. The Morgan fingerprint density at radius 1 is 0.415 bits per heavy atom. The van der Waals surface area contributed by atoms with E-state index in [0.29, 0.717) is 218 Å². The van der Waals surface area contributed by atoms with Crippen molar-refractivity contribution in [2.45, 2.75) is 38.5 Å². The molecule has 2 aromatic carbocycles. The van der Waals surface area contributed by atoms with Crippen molar-refractivity contribution in [3.05, 3.63) is 95.7 Å². The van der Waals surface area contributed by atoms with Gasteiger partial charge in [-0.2, -0.15) is 4.58 Å². The van der Waals surface area contributed by atoms with Crippen molar-refractivity contribution in [3.63, 3.8) is 0 Å². The molecule has 0 fully saturated rings. The van der Waals surface area contributed by atoms with Gasteiger partial charge in [-0.05, 0) is 31.6 Å². The zero-order chi connectivity index (χ0) is 58.3. The van der Waals surface area contributed by atoms with E-state index >= 15 is 0 Å². The summed E-state index contributed by atoms with van der Waals surface area (Å²) in [5, 5.41) is 0. The maximum atomic E-state index is 6.07. The first-order chi connectivity index (χ1) is 40.3. The van der Waals surface area contributed by atoms with E-state index in [1.807, 2.05) is 0 Å². The molecular weight excluding hydrogens is 1060 g/mol. The lowest BCUT2D eigenvalue weighted by molar-refractivity contribution is -0.442. The molecule has 0 unspecified atom stereocenters. The van der Waals surface area contributed by atoms with Crippen LogP contribution < -0.4 is 4.90 Å². The van der Waals surface area contributed by atoms with Crippen molar-refractivity contribution in [3.8, 4) is 12.3 Å². The number of para-hydroxylation sites is 2. The largest absolute Gasteiger partial charge is 0.382 e. The highest BCUT2D eigenvalue weighted by Crippen LogP contribution is 2.47. The molecule has 0 saturated carbocycles. The fourth-order valence-electron chi connectivity index (χ4n) is 8.89. The molecule has 0 bridgehead atoms. The van der Waals surface area contributed by atoms with Gasteiger partial charge in [0, 0.05) is 48.2 Å². The van der Waals surface area contributed by atoms with Crippen molar-refractivity contribution in [1.82, 2.24) is 0 Å². The predicted octanol–water partition coefficient (Wildman–Crippen LogP) is 6.40. The number of rotatable bonds is 55. The van der Waals surface area contributed by atoms with Gasteiger partial charge < -0.3 is 85.4 Å². The van der Waals surface area contributed by atoms with E-state index in [9.17, 15) is 0 Å². The zero-order valence-electron chi connectivity index (χ0n) is 50.2. The Morgan fingerprint density at radius 3 is 1.21 bits per heavy atom. The van der Waals surface area contributed by atoms with Crippen LogP contribution in [0.25, 0.3) is 0 Å². The highest BCUT2D eigenvalue weighted by Gasteiger charge is 2.44. The number of hydrogen-bond donors (Lipinski definition) is 0. The first-order valence-electron chi connectivity index (χ1n) is 29.2. The molecule has 2 aliphatic rings. The fourth-order valence-corrected chi connectivity index (χ4v) is 8.89. The lowest BCUT2D eigenvalue weighted by Gasteiger charge is -2.27. The molecule has 4 rings (SSSR count). The Bertz CT molecular complexity index is 2090. The van der Waals surface area contributed by atoms with Crippen molar-refractivity contribution < 1.29 is 85.1 Å². The molecule has 2 heterocycles. The van der Waals surface area contributed by atoms with Crippen LogP contribution in [0.2, 0.25) is 0 Å². The average Bonchev–Trinajstić information content (AvgIpc) is 2.60. The van der Waals surface area contributed by atoms with E-state index in [4.69, 9.17) is 87.0 Å². The minimum Gasteiger partial charge on any atom is -0.382 e. The van der Waals surface area contributed by atoms with Crippen LogP contribution in [0.1, 0.15) is 38.8 Å². The van der Waals surface area contributed by atoms with E-state index in [0.717, 1.165) is 13.1 Å². The first kappa shape index (κ1) is 70.5. The van der Waals surface area contributed by atoms with E-state index in [1.54, 1.807) is 7.11 Å². The third kappa shape index (κ3) is 29.2. The minimum absolute atomic E-state index is 0.180. The van der Waals surface area contributed by atoms with Crippen LogP contribution in [0.4, 0.5) is 11.4 Å². The molecule has 19 nitrogen and oxygen atoms in total. The Hall–Kier alpha value is -3.99. The Labute approximate surface area is 490 Å². The molecular formula is C63H99N2O17+. The molecule has 0 saturated heterocycles. The number of terminal acetylenes is 1. The summed E-state index contributed by atoms with van der Waals surface area (Å²) in [6.45, 7) is 27.3. The number of methoxy groups -OCH3 is 1. The number of fused-ring (bicyclic) bond motifs is 2. The monoisotopic (exact) mass is 1160 g/mol. The summed E-state index contributed by atoms with van der Waals surface area (Å²) < 4.78 is 96.9. The van der Waals surface area contributed by atoms with E-state index in [-0.39, 0.29) is 10.8 Å². The van der Waals surface area contributed by atoms with Crippen LogP contribution in [0.3, 0.4) is 0 Å². The quantitative estimate of drug-likeness (QED) is 0.0309. The fraction of sp³-hybridized carbons (Fsp3) is 0.667. The minimum atomic E-state index is -0.180. The van der Waals surface area contributed by atoms with Crippen LogP contribution in [0.5, 0.6) is 0 Å². The lowest BCUT2D eigenvalue weighted by atomic mass is 9.81. The van der Waals surface area contributed by atoms with Gasteiger partial charge in [0.15, 0.2) is 12.3 Å². The molecule has 2 aromatic rings. The van der Waals surface area contributed by atoms with Gasteiger partial charge in [-0.1, -0.05) is 74.4 Å². The van der Waals surface area contributed by atoms with Crippen molar-refractivity contribution in [1.29, 1.82) is 0 Å². The lowest BCUT2D eigenvalue weighted by Crippen LogP contribution is -2.29. The summed E-state index contributed by atoms with van der Waals surface area (Å²) in [4.78, 5) is 2.38. The molecule has 0 aliphatic carbocycles. The van der Waals surface area contributed by atoms with Gasteiger partial charge in [-0.25, -0.2) is 0 Å². The molecule has 19 heteroatoms. The van der Waals surface area contributed by atoms with Crippen molar-refractivity contribution in [2.24, 2.45) is 0 Å². The standard InChI is InChI=1S/C63H99N2O17/c1-7-23-67-28-31-71-36-39-75-44-47-79-52-53-80-48-45-76-40-37-72-32-29-68-24-21-64-58-17-13-11-15-56(58)62(2,3)60(64)19-9-8-10-20-61-63(4,5)57-16-12-14-18-59(57)65(61)22-25-69-30-33-73-38-41-77-46-49-81-54-55-82-51-50-78-43-42-74-35-34-70-27-26-66-6/h1,8-20H,21-55H2,2-6H3/q+1. The van der Waals surface area contributed by atoms with Crippen molar-refractivity contribution >= 4 is 17.1 Å². The van der Waals surface area contributed by atoms with Gasteiger partial charge in [0.1, 0.15) is 13.2 Å². The smallest absolute Gasteiger partial charge is 0.209 e. The van der Waals surface area contributed by atoms with Crippen LogP contribution in [0.15, 0.2) is 84.6 Å². The van der Waals surface area contributed by atoms with Crippen LogP contribution in [0, 0.1) is 12.3 Å². The van der Waals surface area contributed by atoms with Crippen LogP contribution >= 0.6 is 0 Å². The summed E-state index contributed by atoms with van der Waals surface area (Å²) in [5.41, 5.74) is 7.12. The molecule has 0 atom stereocenters. The number of hydrogen-bond acceptors (Lipinski definition) is 18. The average molecular weight is 1160 g/mol. The molecule has 2 aliphatic heterocycles. The SMILES string of the molecule is C#CCOCCOCCOCCOCCOCCOCCOCCOCCN1/C(=C/C=C\C=C/C2=[N+](CCOCCOCCOCCOCCOCCOCCOCCOCCOC)c3ccccc3C2(C)C)C(C)(C)c2ccccc21. The predicted molar refractivity (Wildman–Crippen MR) is 316 cm³/mol. The Balaban J connectivity index is 1.05. The summed E-state index contributed by atoms with van der Waals surface area (Å²) >= 11 is 0. The van der Waals surface area contributed by atoms with Gasteiger partial charge >= 0.3 is 0 Å². The zero-order valence-corrected chi connectivity index (χ0v) is 50.2. The first-order valence-corrected chi connectivity index (χ1v) is 29.2. The summed E-state index contributed by atoms with van der Waals surface area (Å²) in [6, 6.07) is 17.3. The third-order valence-electron chi connectivity index (χ3n) is 13.1. The molecule has 0 N–H and O–H groups in total. The number of ether oxygens (including phenoxy) is 17. The van der Waals surface area contributed by atoms with E-state index in [1.165, 1.54) is 33.9 Å². The molecule has 462 valence electrons. The summed E-state index contributed by atoms with van der Waals surface area (Å²) in [7, 11) is 1.65. The topological polar surface area (TPSA) is 163 Å². The van der Waals surface area contributed by atoms with E-state index < -0.39 is 0 Å². The van der Waals surface area contributed by atoms with Crippen LogP contribution in [-0.4, -0.2) is 249 Å². The highest BCUT2D eigenvalue weighted by atomic mass is 16.6. The second-order valence-corrected chi connectivity index (χ2v) is 19.7. The van der Waals surface area contributed by atoms with Gasteiger partial charge in [-0.3, -0.25) is 0 Å². The van der Waals surface area contributed by atoms with Crippen LogP contribution in [-0.2, 0) is 91.4 Å². The number of benzene rings is 2. The summed E-state index contributed by atoms with van der Waals surface area (Å²) in [5.74, 6) is 2.41. The maximum Gasteiger partial charge on any atom is 0.209 e. The van der Waals surface area contributed by atoms with Gasteiger partial charge in [0.25, 0.3) is 0 Å². The number of nitrogens with zero attached hydrogens (tertiary/aromatic N) is 2. The molecule has 82 heavy (non-hydrogen) atoms. The Morgan fingerprint density at radius 2 is 0.780 bits per heavy atom. The number of allylic oxidation sites excluding steroid dienone is 6. The molecule has 0 aromatic heterocycles. The Kier molecular flexibility index (Phi) is 39.8. The second-order valence-electron chi connectivity index (χ2n) is 19.7. The van der Waals surface area contributed by atoms with Gasteiger partial charge in [-0.15, -0.1) is 6.42 Å². The van der Waals surface area contributed by atoms with Crippen molar-refractivity contribution in [2.75, 3.05) is 243 Å². The van der Waals surface area contributed by atoms with Gasteiger partial charge in [0.2, 0.25) is 5.69 Å². The second kappa shape index (κ2) is 46.3. The highest BCUT2D eigenvalue weighted by molar-refractivity contribution is 6.03. The van der Waals surface area contributed by atoms with Gasteiger partial charge in [0.05, 0.1) is 210 Å². The number of anilines is 1. The summed E-state index contributed by atoms with van der Waals surface area (Å²) in [6.07, 6.45) is 16.0. The third-order valence-corrected chi connectivity index (χ3v) is 13.1. The molecule has 0 radical (unpaired) electrons. The normalized spacial score (nSPS) is 15.0. The molecule has 0 amide bonds. The van der Waals surface area contributed by atoms with E-state index in [2.05, 4.69) is 122 Å².